The monoisotopic (exact) mass is 425 g/mol. The molecule has 0 atom stereocenters. The van der Waals surface area contributed by atoms with Gasteiger partial charge in [-0.2, -0.15) is 0 Å². The molecule has 25 heavy (non-hydrogen) atoms. The van der Waals surface area contributed by atoms with Crippen molar-refractivity contribution in [1.82, 2.24) is 5.32 Å². The van der Waals surface area contributed by atoms with Crippen molar-refractivity contribution in [3.63, 3.8) is 0 Å². The highest BCUT2D eigenvalue weighted by Crippen LogP contribution is 2.27. The molecule has 0 bridgehead atoms. The van der Waals surface area contributed by atoms with E-state index >= 15 is 0 Å². The second-order valence-corrected chi connectivity index (χ2v) is 7.06. The summed E-state index contributed by atoms with van der Waals surface area (Å²) in [5.41, 5.74) is 2.10. The molecule has 2 rings (SSSR count). The van der Waals surface area contributed by atoms with E-state index in [2.05, 4.69) is 21.2 Å². The second kappa shape index (κ2) is 9.80. The number of hydrogen-bond donors (Lipinski definition) is 1. The summed E-state index contributed by atoms with van der Waals surface area (Å²) in [6.07, 6.45) is 0.161. The van der Waals surface area contributed by atoms with Gasteiger partial charge in [-0.3, -0.25) is 4.79 Å². The topological polar surface area (TPSA) is 47.6 Å². The number of carbonyl (C=O) groups excluding carboxylic acids is 1. The minimum atomic E-state index is -0.193. The lowest BCUT2D eigenvalue weighted by Crippen LogP contribution is -2.28. The molecule has 2 aromatic rings. The van der Waals surface area contributed by atoms with Crippen molar-refractivity contribution >= 4 is 33.4 Å². The van der Waals surface area contributed by atoms with Crippen LogP contribution in [0, 0.1) is 0 Å². The standard InChI is InChI=1S/C19H21BrClNO3/c1-13(2)24-11-15-6-4-3-5-14(15)10-22-19(23)12-25-18-8-7-16(21)9-17(18)20/h3-9,13H,10-12H2,1-2H3,(H,22,23). The Hall–Kier alpha value is -1.56. The molecule has 0 unspecified atom stereocenters. The number of carbonyl (C=O) groups is 1. The summed E-state index contributed by atoms with van der Waals surface area (Å²) in [5.74, 6) is 0.381. The largest absolute Gasteiger partial charge is 0.483 e. The third-order valence-electron chi connectivity index (χ3n) is 3.42. The van der Waals surface area contributed by atoms with Gasteiger partial charge in [-0.15, -0.1) is 0 Å². The Kier molecular flexibility index (Phi) is 7.75. The van der Waals surface area contributed by atoms with Crippen LogP contribution >= 0.6 is 27.5 Å². The predicted octanol–water partition coefficient (Wildman–Crippen LogP) is 4.72. The first kappa shape index (κ1) is 19.8. The SMILES string of the molecule is CC(C)OCc1ccccc1CNC(=O)COc1ccc(Cl)cc1Br. The molecule has 1 amide bonds. The molecule has 0 heterocycles. The van der Waals surface area contributed by atoms with Gasteiger partial charge in [0, 0.05) is 11.6 Å². The molecule has 0 radical (unpaired) electrons. The van der Waals surface area contributed by atoms with Crippen molar-refractivity contribution in [2.24, 2.45) is 0 Å². The van der Waals surface area contributed by atoms with E-state index in [1.165, 1.54) is 0 Å². The Bertz CT molecular complexity index is 722. The maximum Gasteiger partial charge on any atom is 0.258 e. The normalized spacial score (nSPS) is 10.8. The second-order valence-electron chi connectivity index (χ2n) is 5.77. The van der Waals surface area contributed by atoms with E-state index < -0.39 is 0 Å². The number of ether oxygens (including phenoxy) is 2. The minimum absolute atomic E-state index is 0.0646. The van der Waals surface area contributed by atoms with E-state index in [9.17, 15) is 4.79 Å². The molecule has 0 spiro atoms. The molecule has 4 nitrogen and oxygen atoms in total. The molecule has 0 saturated carbocycles. The maximum atomic E-state index is 12.0. The Morgan fingerprint density at radius 2 is 1.92 bits per heavy atom. The van der Waals surface area contributed by atoms with Gasteiger partial charge in [0.1, 0.15) is 5.75 Å². The van der Waals surface area contributed by atoms with Gasteiger partial charge in [0.05, 0.1) is 17.2 Å². The van der Waals surface area contributed by atoms with Gasteiger partial charge >= 0.3 is 0 Å². The van der Waals surface area contributed by atoms with Crippen molar-refractivity contribution in [3.05, 3.63) is 63.1 Å². The summed E-state index contributed by atoms with van der Waals surface area (Å²) in [6.45, 7) is 4.89. The Morgan fingerprint density at radius 1 is 1.20 bits per heavy atom. The van der Waals surface area contributed by atoms with Crippen LogP contribution in [0.25, 0.3) is 0 Å². The van der Waals surface area contributed by atoms with Crippen LogP contribution in [-0.4, -0.2) is 18.6 Å². The fourth-order valence-corrected chi connectivity index (χ4v) is 2.90. The molecule has 0 aromatic heterocycles. The van der Waals surface area contributed by atoms with Crippen LogP contribution in [0.4, 0.5) is 0 Å². The Balaban J connectivity index is 1.85. The van der Waals surface area contributed by atoms with Crippen molar-refractivity contribution in [1.29, 1.82) is 0 Å². The highest BCUT2D eigenvalue weighted by molar-refractivity contribution is 9.10. The first-order valence-corrected chi connectivity index (χ1v) is 9.15. The molecule has 134 valence electrons. The van der Waals surface area contributed by atoms with Gasteiger partial charge in [0.15, 0.2) is 6.61 Å². The molecular formula is C19H21BrClNO3. The lowest BCUT2D eigenvalue weighted by atomic mass is 10.1. The van der Waals surface area contributed by atoms with Gasteiger partial charge in [-0.25, -0.2) is 0 Å². The zero-order valence-electron chi connectivity index (χ0n) is 14.2. The average molecular weight is 427 g/mol. The van der Waals surface area contributed by atoms with E-state index in [1.807, 2.05) is 38.1 Å². The van der Waals surface area contributed by atoms with E-state index in [4.69, 9.17) is 21.1 Å². The van der Waals surface area contributed by atoms with Gasteiger partial charge in [0.2, 0.25) is 0 Å². The molecule has 0 saturated heterocycles. The van der Waals surface area contributed by atoms with Crippen molar-refractivity contribution in [3.8, 4) is 5.75 Å². The maximum absolute atomic E-state index is 12.0. The molecule has 0 aliphatic rings. The van der Waals surface area contributed by atoms with Crippen LogP contribution in [0.1, 0.15) is 25.0 Å². The number of nitrogens with one attached hydrogen (secondary N) is 1. The number of amides is 1. The van der Waals surface area contributed by atoms with Crippen molar-refractivity contribution in [2.45, 2.75) is 33.1 Å². The lowest BCUT2D eigenvalue weighted by Gasteiger charge is -2.13. The van der Waals surface area contributed by atoms with Crippen LogP contribution < -0.4 is 10.1 Å². The average Bonchev–Trinajstić information content (AvgIpc) is 2.58. The quantitative estimate of drug-likeness (QED) is 0.664. The summed E-state index contributed by atoms with van der Waals surface area (Å²) in [7, 11) is 0. The van der Waals surface area contributed by atoms with Gasteiger partial charge < -0.3 is 14.8 Å². The summed E-state index contributed by atoms with van der Waals surface area (Å²) < 4.78 is 11.9. The van der Waals surface area contributed by atoms with Gasteiger partial charge in [-0.1, -0.05) is 35.9 Å². The van der Waals surface area contributed by atoms with Gasteiger partial charge in [-0.05, 0) is 59.1 Å². The first-order chi connectivity index (χ1) is 12.0. The lowest BCUT2D eigenvalue weighted by molar-refractivity contribution is -0.123. The highest BCUT2D eigenvalue weighted by atomic mass is 79.9. The minimum Gasteiger partial charge on any atom is -0.483 e. The summed E-state index contributed by atoms with van der Waals surface area (Å²) >= 11 is 9.24. The zero-order valence-corrected chi connectivity index (χ0v) is 16.6. The smallest absolute Gasteiger partial charge is 0.258 e. The summed E-state index contributed by atoms with van der Waals surface area (Å²) in [5, 5.41) is 3.47. The number of rotatable bonds is 8. The third kappa shape index (κ3) is 6.69. The van der Waals surface area contributed by atoms with Crippen LogP contribution in [0.3, 0.4) is 0 Å². The van der Waals surface area contributed by atoms with E-state index in [0.29, 0.717) is 28.4 Å². The highest BCUT2D eigenvalue weighted by Gasteiger charge is 2.08. The van der Waals surface area contributed by atoms with E-state index in [0.717, 1.165) is 11.1 Å². The molecule has 6 heteroatoms. The van der Waals surface area contributed by atoms with Crippen LogP contribution in [-0.2, 0) is 22.7 Å². The van der Waals surface area contributed by atoms with Crippen molar-refractivity contribution < 1.29 is 14.3 Å². The fourth-order valence-electron chi connectivity index (χ4n) is 2.11. The molecular weight excluding hydrogens is 406 g/mol. The number of halogens is 2. The van der Waals surface area contributed by atoms with Crippen molar-refractivity contribution in [2.75, 3.05) is 6.61 Å². The number of benzene rings is 2. The molecule has 2 aromatic carbocycles. The number of hydrogen-bond acceptors (Lipinski definition) is 3. The van der Waals surface area contributed by atoms with Crippen LogP contribution in [0.5, 0.6) is 5.75 Å². The Morgan fingerprint density at radius 3 is 2.60 bits per heavy atom. The summed E-state index contributed by atoms with van der Waals surface area (Å²) in [4.78, 5) is 12.0. The first-order valence-electron chi connectivity index (χ1n) is 7.98. The molecule has 0 aliphatic carbocycles. The fraction of sp³-hybridized carbons (Fsp3) is 0.316. The van der Waals surface area contributed by atoms with Crippen LogP contribution in [0.15, 0.2) is 46.9 Å². The van der Waals surface area contributed by atoms with E-state index in [1.54, 1.807) is 18.2 Å². The summed E-state index contributed by atoms with van der Waals surface area (Å²) in [6, 6.07) is 13.1. The third-order valence-corrected chi connectivity index (χ3v) is 4.27. The van der Waals surface area contributed by atoms with Gasteiger partial charge in [0.25, 0.3) is 5.91 Å². The van der Waals surface area contributed by atoms with Crippen LogP contribution in [0.2, 0.25) is 5.02 Å². The molecule has 0 aliphatic heterocycles. The molecule has 1 N–H and O–H groups in total. The Labute approximate surface area is 161 Å². The predicted molar refractivity (Wildman–Crippen MR) is 103 cm³/mol. The van der Waals surface area contributed by atoms with E-state index in [-0.39, 0.29) is 18.6 Å². The molecule has 0 fully saturated rings. The zero-order chi connectivity index (χ0) is 18.2.